The van der Waals surface area contributed by atoms with Crippen LogP contribution in [0.25, 0.3) is 0 Å². The Morgan fingerprint density at radius 2 is 2.12 bits per heavy atom. The standard InChI is InChI=1S/C13H19N3S/c1-10(2)16-7-6-12(15-16)8-14-9-13-5-4-11(3)17-13/h4-7,10,14H,8-9H2,1-3H3. The Balaban J connectivity index is 1.81. The maximum Gasteiger partial charge on any atom is 0.0762 e. The van der Waals surface area contributed by atoms with Gasteiger partial charge in [-0.15, -0.1) is 11.3 Å². The fourth-order valence-electron chi connectivity index (χ4n) is 1.65. The second kappa shape index (κ2) is 5.47. The van der Waals surface area contributed by atoms with Gasteiger partial charge in [-0.25, -0.2) is 0 Å². The van der Waals surface area contributed by atoms with E-state index in [9.17, 15) is 0 Å². The molecule has 0 amide bonds. The molecule has 0 unspecified atom stereocenters. The largest absolute Gasteiger partial charge is 0.306 e. The number of hydrogen-bond acceptors (Lipinski definition) is 3. The van der Waals surface area contributed by atoms with Gasteiger partial charge >= 0.3 is 0 Å². The van der Waals surface area contributed by atoms with E-state index in [0.717, 1.165) is 18.8 Å². The van der Waals surface area contributed by atoms with Crippen molar-refractivity contribution in [2.45, 2.75) is 39.9 Å². The summed E-state index contributed by atoms with van der Waals surface area (Å²) in [6, 6.07) is 6.85. The van der Waals surface area contributed by atoms with Crippen LogP contribution in [0.3, 0.4) is 0 Å². The van der Waals surface area contributed by atoms with E-state index >= 15 is 0 Å². The van der Waals surface area contributed by atoms with Gasteiger partial charge in [0.1, 0.15) is 0 Å². The lowest BCUT2D eigenvalue weighted by atomic mass is 10.4. The monoisotopic (exact) mass is 249 g/mol. The average molecular weight is 249 g/mol. The van der Waals surface area contributed by atoms with Crippen molar-refractivity contribution in [1.82, 2.24) is 15.1 Å². The van der Waals surface area contributed by atoms with Crippen LogP contribution in [-0.4, -0.2) is 9.78 Å². The number of rotatable bonds is 5. The number of hydrogen-bond donors (Lipinski definition) is 1. The predicted octanol–water partition coefficient (Wildman–Crippen LogP) is 3.12. The van der Waals surface area contributed by atoms with Crippen LogP contribution in [0.5, 0.6) is 0 Å². The van der Waals surface area contributed by atoms with Crippen molar-refractivity contribution in [3.8, 4) is 0 Å². The van der Waals surface area contributed by atoms with Gasteiger partial charge in [0.2, 0.25) is 0 Å². The molecule has 0 aliphatic rings. The van der Waals surface area contributed by atoms with Crippen LogP contribution in [0.4, 0.5) is 0 Å². The Bertz CT molecular complexity index is 470. The molecule has 4 heteroatoms. The Hall–Kier alpha value is -1.13. The zero-order valence-corrected chi connectivity index (χ0v) is 11.4. The van der Waals surface area contributed by atoms with Crippen LogP contribution in [0, 0.1) is 6.92 Å². The molecular formula is C13H19N3S. The molecule has 92 valence electrons. The van der Waals surface area contributed by atoms with Gasteiger partial charge in [-0.2, -0.15) is 5.10 Å². The molecule has 0 aliphatic heterocycles. The van der Waals surface area contributed by atoms with Gasteiger partial charge in [-0.1, -0.05) is 0 Å². The molecule has 0 saturated carbocycles. The summed E-state index contributed by atoms with van der Waals surface area (Å²) in [5.41, 5.74) is 1.10. The van der Waals surface area contributed by atoms with Gasteiger partial charge in [0.15, 0.2) is 0 Å². The van der Waals surface area contributed by atoms with Crippen LogP contribution in [0.15, 0.2) is 24.4 Å². The molecule has 2 rings (SSSR count). The topological polar surface area (TPSA) is 29.9 Å². The smallest absolute Gasteiger partial charge is 0.0762 e. The second-order valence-electron chi connectivity index (χ2n) is 4.50. The normalized spacial score (nSPS) is 11.3. The van der Waals surface area contributed by atoms with Crippen molar-refractivity contribution < 1.29 is 0 Å². The molecule has 0 aliphatic carbocycles. The van der Waals surface area contributed by atoms with Crippen molar-refractivity contribution in [2.24, 2.45) is 0 Å². The summed E-state index contributed by atoms with van der Waals surface area (Å²) in [6.07, 6.45) is 2.04. The van der Waals surface area contributed by atoms with Crippen molar-refractivity contribution in [1.29, 1.82) is 0 Å². The predicted molar refractivity (Wildman–Crippen MR) is 72.2 cm³/mol. The first kappa shape index (κ1) is 12.3. The highest BCUT2D eigenvalue weighted by molar-refractivity contribution is 7.11. The van der Waals surface area contributed by atoms with Crippen molar-refractivity contribution in [3.05, 3.63) is 39.8 Å². The molecule has 0 spiro atoms. The lowest BCUT2D eigenvalue weighted by Gasteiger charge is -2.04. The van der Waals surface area contributed by atoms with Crippen LogP contribution < -0.4 is 5.32 Å². The number of thiophene rings is 1. The first-order valence-electron chi connectivity index (χ1n) is 5.95. The Labute approximate surface area is 106 Å². The number of nitrogens with zero attached hydrogens (tertiary/aromatic N) is 2. The zero-order valence-electron chi connectivity index (χ0n) is 10.6. The Morgan fingerprint density at radius 3 is 2.71 bits per heavy atom. The molecule has 17 heavy (non-hydrogen) atoms. The minimum Gasteiger partial charge on any atom is -0.306 e. The molecule has 0 saturated heterocycles. The highest BCUT2D eigenvalue weighted by Crippen LogP contribution is 2.14. The average Bonchev–Trinajstić information content (AvgIpc) is 2.88. The van der Waals surface area contributed by atoms with E-state index in [2.05, 4.69) is 49.4 Å². The summed E-state index contributed by atoms with van der Waals surface area (Å²) in [7, 11) is 0. The third kappa shape index (κ3) is 3.41. The Kier molecular flexibility index (Phi) is 3.97. The maximum absolute atomic E-state index is 4.50. The molecule has 3 nitrogen and oxygen atoms in total. The summed E-state index contributed by atoms with van der Waals surface area (Å²) in [4.78, 5) is 2.75. The van der Waals surface area contributed by atoms with Crippen LogP contribution in [0.1, 0.15) is 35.3 Å². The van der Waals surface area contributed by atoms with E-state index in [1.807, 2.05) is 22.2 Å². The molecule has 2 aromatic heterocycles. The minimum absolute atomic E-state index is 0.434. The van der Waals surface area contributed by atoms with E-state index in [1.165, 1.54) is 9.75 Å². The summed E-state index contributed by atoms with van der Waals surface area (Å²) >= 11 is 1.84. The molecule has 0 radical (unpaired) electrons. The maximum atomic E-state index is 4.50. The van der Waals surface area contributed by atoms with E-state index in [4.69, 9.17) is 0 Å². The highest BCUT2D eigenvalue weighted by atomic mass is 32.1. The van der Waals surface area contributed by atoms with Crippen LogP contribution >= 0.6 is 11.3 Å². The lowest BCUT2D eigenvalue weighted by molar-refractivity contribution is 0.521. The van der Waals surface area contributed by atoms with Gasteiger partial charge in [0, 0.05) is 35.1 Å². The van der Waals surface area contributed by atoms with Crippen LogP contribution in [-0.2, 0) is 13.1 Å². The quantitative estimate of drug-likeness (QED) is 0.882. The summed E-state index contributed by atoms with van der Waals surface area (Å²) in [5, 5.41) is 7.92. The number of aryl methyl sites for hydroxylation is 1. The first-order valence-corrected chi connectivity index (χ1v) is 6.77. The molecular weight excluding hydrogens is 230 g/mol. The van der Waals surface area contributed by atoms with Gasteiger partial charge in [-0.05, 0) is 39.0 Å². The molecule has 2 heterocycles. The lowest BCUT2D eigenvalue weighted by Crippen LogP contribution is -2.13. The SMILES string of the molecule is Cc1ccc(CNCc2ccn(C(C)C)n2)s1. The molecule has 0 bridgehead atoms. The number of aromatic nitrogens is 2. The van der Waals surface area contributed by atoms with Crippen molar-refractivity contribution in [3.63, 3.8) is 0 Å². The summed E-state index contributed by atoms with van der Waals surface area (Å²) in [6.45, 7) is 8.17. The van der Waals surface area contributed by atoms with Gasteiger partial charge in [-0.3, -0.25) is 4.68 Å². The van der Waals surface area contributed by atoms with Gasteiger partial charge in [0.05, 0.1) is 5.69 Å². The number of nitrogens with one attached hydrogen (secondary N) is 1. The molecule has 0 aromatic carbocycles. The summed E-state index contributed by atoms with van der Waals surface area (Å²) < 4.78 is 1.99. The van der Waals surface area contributed by atoms with Crippen LogP contribution in [0.2, 0.25) is 0 Å². The van der Waals surface area contributed by atoms with Crippen molar-refractivity contribution in [2.75, 3.05) is 0 Å². The summed E-state index contributed by atoms with van der Waals surface area (Å²) in [5.74, 6) is 0. The highest BCUT2D eigenvalue weighted by Gasteiger charge is 2.02. The Morgan fingerprint density at radius 1 is 1.29 bits per heavy atom. The molecule has 0 fully saturated rings. The fourth-order valence-corrected chi connectivity index (χ4v) is 2.51. The van der Waals surface area contributed by atoms with Gasteiger partial charge < -0.3 is 5.32 Å². The van der Waals surface area contributed by atoms with Gasteiger partial charge in [0.25, 0.3) is 0 Å². The third-order valence-corrected chi connectivity index (χ3v) is 3.59. The molecule has 1 N–H and O–H groups in total. The van der Waals surface area contributed by atoms with E-state index in [0.29, 0.717) is 6.04 Å². The molecule has 0 atom stereocenters. The van der Waals surface area contributed by atoms with Crippen molar-refractivity contribution >= 4 is 11.3 Å². The zero-order chi connectivity index (χ0) is 12.3. The first-order chi connectivity index (χ1) is 8.15. The molecule has 2 aromatic rings. The second-order valence-corrected chi connectivity index (χ2v) is 5.87. The minimum atomic E-state index is 0.434. The van der Waals surface area contributed by atoms with E-state index < -0.39 is 0 Å². The van der Waals surface area contributed by atoms with E-state index in [1.54, 1.807) is 0 Å². The van der Waals surface area contributed by atoms with E-state index in [-0.39, 0.29) is 0 Å². The fraction of sp³-hybridized carbons (Fsp3) is 0.462. The third-order valence-electron chi connectivity index (χ3n) is 2.59.